The number of hydrogen-bond acceptors (Lipinski definition) is 4. The number of para-hydroxylation sites is 2. The van der Waals surface area contributed by atoms with Crippen LogP contribution in [0.3, 0.4) is 0 Å². The molecule has 0 aliphatic rings. The Kier molecular flexibility index (Phi) is 4.18. The summed E-state index contributed by atoms with van der Waals surface area (Å²) in [7, 11) is 0. The van der Waals surface area contributed by atoms with Crippen LogP contribution in [0.15, 0.2) is 120 Å². The van der Waals surface area contributed by atoms with Gasteiger partial charge in [0.1, 0.15) is 11.2 Å². The molecule has 0 aliphatic heterocycles. The van der Waals surface area contributed by atoms with Gasteiger partial charge in [0.05, 0.1) is 32.3 Å². The highest BCUT2D eigenvalue weighted by molar-refractivity contribution is 7.26. The van der Waals surface area contributed by atoms with Gasteiger partial charge >= 0.3 is 0 Å². The van der Waals surface area contributed by atoms with Gasteiger partial charge in [-0.05, 0) is 30.3 Å². The van der Waals surface area contributed by atoms with Crippen molar-refractivity contribution in [2.75, 3.05) is 0 Å². The Balaban J connectivity index is 1.51. The van der Waals surface area contributed by atoms with E-state index in [4.69, 9.17) is 14.4 Å². The molecule has 0 atom stereocenters. The molecule has 5 heteroatoms. The third kappa shape index (κ3) is 2.88. The molecule has 0 bridgehead atoms. The normalized spacial score (nSPS) is 12.1. The van der Waals surface area contributed by atoms with Crippen LogP contribution in [0.4, 0.5) is 0 Å². The van der Waals surface area contributed by atoms with Gasteiger partial charge in [-0.25, -0.2) is 9.97 Å². The van der Waals surface area contributed by atoms with E-state index >= 15 is 0 Å². The fraction of sp³-hybridized carbons (Fsp3) is 0. The van der Waals surface area contributed by atoms with Crippen molar-refractivity contribution >= 4 is 75.4 Å². The van der Waals surface area contributed by atoms with E-state index in [9.17, 15) is 0 Å². The molecular formula is C34H19N3OS. The standard InChI is InChI=1S/C34H19N3OS/c1-2-10-20(11-3-1)30-33-31(24-14-6-9-17-28(24)39-33)36-34(35-30)37-25-15-7-4-12-21(25)22-18-19-27-29(32(22)37)23-13-5-8-16-26(23)38-27/h1-19H. The number of fused-ring (bicyclic) bond motifs is 10. The van der Waals surface area contributed by atoms with Crippen LogP contribution in [-0.2, 0) is 0 Å². The Morgan fingerprint density at radius 3 is 2.23 bits per heavy atom. The van der Waals surface area contributed by atoms with Gasteiger partial charge < -0.3 is 4.42 Å². The molecule has 0 unspecified atom stereocenters. The Labute approximate surface area is 226 Å². The molecule has 0 amide bonds. The van der Waals surface area contributed by atoms with E-state index in [0.717, 1.165) is 65.2 Å². The van der Waals surface area contributed by atoms with Crippen molar-refractivity contribution in [3.8, 4) is 17.2 Å². The highest BCUT2D eigenvalue weighted by Crippen LogP contribution is 2.42. The summed E-state index contributed by atoms with van der Waals surface area (Å²) in [5.41, 5.74) is 6.89. The van der Waals surface area contributed by atoms with E-state index in [2.05, 4.69) is 102 Å². The van der Waals surface area contributed by atoms with Crippen LogP contribution < -0.4 is 0 Å². The quantitative estimate of drug-likeness (QED) is 0.229. The molecule has 182 valence electrons. The van der Waals surface area contributed by atoms with Gasteiger partial charge in [-0.15, -0.1) is 11.3 Å². The summed E-state index contributed by atoms with van der Waals surface area (Å²) in [6, 6.07) is 39.9. The summed E-state index contributed by atoms with van der Waals surface area (Å²) in [6.45, 7) is 0. The molecule has 4 aromatic heterocycles. The summed E-state index contributed by atoms with van der Waals surface area (Å²) >= 11 is 1.75. The van der Waals surface area contributed by atoms with Crippen LogP contribution in [0.1, 0.15) is 0 Å². The molecule has 0 aliphatic carbocycles. The van der Waals surface area contributed by atoms with Crippen molar-refractivity contribution in [2.24, 2.45) is 0 Å². The van der Waals surface area contributed by atoms with Crippen molar-refractivity contribution in [1.29, 1.82) is 0 Å². The predicted octanol–water partition coefficient (Wildman–Crippen LogP) is 9.51. The second-order valence-electron chi connectivity index (χ2n) is 9.80. The molecule has 39 heavy (non-hydrogen) atoms. The third-order valence-electron chi connectivity index (χ3n) is 7.63. The first-order valence-electron chi connectivity index (χ1n) is 12.9. The van der Waals surface area contributed by atoms with Gasteiger partial charge in [0, 0.05) is 31.8 Å². The van der Waals surface area contributed by atoms with E-state index in [1.165, 1.54) is 10.1 Å². The lowest BCUT2D eigenvalue weighted by atomic mass is 10.1. The van der Waals surface area contributed by atoms with E-state index in [1.54, 1.807) is 11.3 Å². The first-order chi connectivity index (χ1) is 19.3. The minimum absolute atomic E-state index is 0.661. The van der Waals surface area contributed by atoms with Crippen LogP contribution in [0.2, 0.25) is 0 Å². The number of benzene rings is 5. The van der Waals surface area contributed by atoms with Gasteiger partial charge in [0.25, 0.3) is 0 Å². The molecule has 0 fully saturated rings. The molecular weight excluding hydrogens is 498 g/mol. The predicted molar refractivity (Wildman–Crippen MR) is 162 cm³/mol. The zero-order valence-electron chi connectivity index (χ0n) is 20.6. The molecule has 9 rings (SSSR count). The van der Waals surface area contributed by atoms with Crippen LogP contribution in [0.25, 0.3) is 81.3 Å². The van der Waals surface area contributed by atoms with Gasteiger partial charge in [-0.3, -0.25) is 4.57 Å². The van der Waals surface area contributed by atoms with Crippen molar-refractivity contribution in [1.82, 2.24) is 14.5 Å². The molecule has 5 aromatic carbocycles. The second kappa shape index (κ2) is 7.76. The summed E-state index contributed by atoms with van der Waals surface area (Å²) in [4.78, 5) is 10.6. The molecule has 0 saturated heterocycles. The molecule has 0 radical (unpaired) electrons. The fourth-order valence-electron chi connectivity index (χ4n) is 5.94. The molecule has 0 spiro atoms. The first-order valence-corrected chi connectivity index (χ1v) is 13.8. The monoisotopic (exact) mass is 517 g/mol. The lowest BCUT2D eigenvalue weighted by molar-refractivity contribution is 0.669. The van der Waals surface area contributed by atoms with Crippen molar-refractivity contribution in [2.45, 2.75) is 0 Å². The Morgan fingerprint density at radius 2 is 1.33 bits per heavy atom. The second-order valence-corrected chi connectivity index (χ2v) is 10.9. The summed E-state index contributed by atoms with van der Waals surface area (Å²) in [6.07, 6.45) is 0. The van der Waals surface area contributed by atoms with Crippen LogP contribution in [-0.4, -0.2) is 14.5 Å². The lowest BCUT2D eigenvalue weighted by Crippen LogP contribution is -2.03. The van der Waals surface area contributed by atoms with E-state index in [-0.39, 0.29) is 0 Å². The third-order valence-corrected chi connectivity index (χ3v) is 8.80. The number of rotatable bonds is 2. The Bertz CT molecular complexity index is 2400. The molecule has 0 saturated carbocycles. The van der Waals surface area contributed by atoms with Crippen molar-refractivity contribution < 1.29 is 4.42 Å². The van der Waals surface area contributed by atoms with Gasteiger partial charge in [0.15, 0.2) is 0 Å². The van der Waals surface area contributed by atoms with E-state index < -0.39 is 0 Å². The minimum Gasteiger partial charge on any atom is -0.456 e. The van der Waals surface area contributed by atoms with Crippen molar-refractivity contribution in [3.05, 3.63) is 115 Å². The minimum atomic E-state index is 0.661. The Morgan fingerprint density at radius 1 is 0.590 bits per heavy atom. The van der Waals surface area contributed by atoms with Crippen molar-refractivity contribution in [3.63, 3.8) is 0 Å². The number of thiophene rings is 1. The lowest BCUT2D eigenvalue weighted by Gasteiger charge is -2.10. The average Bonchev–Trinajstić information content (AvgIpc) is 3.66. The average molecular weight is 518 g/mol. The van der Waals surface area contributed by atoms with E-state index in [1.807, 2.05) is 18.2 Å². The van der Waals surface area contributed by atoms with E-state index in [0.29, 0.717) is 5.95 Å². The SMILES string of the molecule is c1ccc(-c2nc(-n3c4ccccc4c4ccc5oc6ccccc6c5c43)nc3c2sc2ccccc23)cc1. The van der Waals surface area contributed by atoms with Crippen LogP contribution in [0, 0.1) is 0 Å². The highest BCUT2D eigenvalue weighted by Gasteiger charge is 2.22. The van der Waals surface area contributed by atoms with Gasteiger partial charge in [-0.2, -0.15) is 0 Å². The number of aromatic nitrogens is 3. The number of hydrogen-bond donors (Lipinski definition) is 0. The molecule has 4 heterocycles. The Hall–Kier alpha value is -5.00. The maximum atomic E-state index is 6.30. The highest BCUT2D eigenvalue weighted by atomic mass is 32.1. The smallest absolute Gasteiger partial charge is 0.235 e. The maximum absolute atomic E-state index is 6.30. The largest absolute Gasteiger partial charge is 0.456 e. The molecule has 9 aromatic rings. The first kappa shape index (κ1) is 21.0. The number of furan rings is 1. The summed E-state index contributed by atoms with van der Waals surface area (Å²) < 4.78 is 10.8. The number of nitrogens with zero attached hydrogens (tertiary/aromatic N) is 3. The molecule has 0 N–H and O–H groups in total. The topological polar surface area (TPSA) is 43.9 Å². The fourth-order valence-corrected chi connectivity index (χ4v) is 7.10. The molecule has 4 nitrogen and oxygen atoms in total. The van der Waals surface area contributed by atoms with Gasteiger partial charge in [0.2, 0.25) is 5.95 Å². The van der Waals surface area contributed by atoms with Crippen LogP contribution in [0.5, 0.6) is 0 Å². The zero-order chi connectivity index (χ0) is 25.5. The zero-order valence-corrected chi connectivity index (χ0v) is 21.4. The maximum Gasteiger partial charge on any atom is 0.235 e. The summed E-state index contributed by atoms with van der Waals surface area (Å²) in [5, 5.41) is 5.65. The van der Waals surface area contributed by atoms with Gasteiger partial charge in [-0.1, -0.05) is 84.9 Å². The summed E-state index contributed by atoms with van der Waals surface area (Å²) in [5.74, 6) is 0.661. The van der Waals surface area contributed by atoms with Crippen LogP contribution >= 0.6 is 11.3 Å².